The zero-order valence-electron chi connectivity index (χ0n) is 15.0. The fraction of sp³-hybridized carbons (Fsp3) is 0.350. The summed E-state index contributed by atoms with van der Waals surface area (Å²) in [5, 5.41) is 3.00. The molecule has 0 bridgehead atoms. The highest BCUT2D eigenvalue weighted by Gasteiger charge is 2.10. The summed E-state index contributed by atoms with van der Waals surface area (Å²) in [5.41, 5.74) is 3.60. The number of para-hydroxylation sites is 2. The predicted octanol–water partition coefficient (Wildman–Crippen LogP) is 4.24. The van der Waals surface area contributed by atoms with E-state index in [1.54, 1.807) is 0 Å². The SMILES string of the molecule is CCCCN(C)c1ccc(C(=O)Nc2ccccc2N(C)C)cc1. The number of hydrogen-bond donors (Lipinski definition) is 1. The third kappa shape index (κ3) is 4.51. The van der Waals surface area contributed by atoms with Crippen LogP contribution in [-0.2, 0) is 0 Å². The van der Waals surface area contributed by atoms with E-state index in [0.29, 0.717) is 5.56 Å². The molecule has 2 aromatic rings. The smallest absolute Gasteiger partial charge is 0.255 e. The molecule has 2 aromatic carbocycles. The number of anilines is 3. The molecule has 4 heteroatoms. The van der Waals surface area contributed by atoms with E-state index in [2.05, 4.69) is 24.2 Å². The van der Waals surface area contributed by atoms with Gasteiger partial charge in [0.2, 0.25) is 0 Å². The molecule has 0 aliphatic carbocycles. The second-order valence-corrected chi connectivity index (χ2v) is 6.19. The maximum absolute atomic E-state index is 12.5. The van der Waals surface area contributed by atoms with Gasteiger partial charge in [0.05, 0.1) is 11.4 Å². The largest absolute Gasteiger partial charge is 0.376 e. The van der Waals surface area contributed by atoms with Crippen LogP contribution in [-0.4, -0.2) is 33.6 Å². The number of carbonyl (C=O) groups is 1. The molecule has 0 spiro atoms. The van der Waals surface area contributed by atoms with Gasteiger partial charge < -0.3 is 15.1 Å². The van der Waals surface area contributed by atoms with Crippen molar-refractivity contribution in [2.24, 2.45) is 0 Å². The zero-order chi connectivity index (χ0) is 17.5. The standard InChI is InChI=1S/C20H27N3O/c1-5-6-15-23(4)17-13-11-16(12-14-17)20(24)21-18-9-7-8-10-19(18)22(2)3/h7-14H,5-6,15H2,1-4H3,(H,21,24). The Morgan fingerprint density at radius 2 is 1.67 bits per heavy atom. The van der Waals surface area contributed by atoms with Crippen LogP contribution in [0.15, 0.2) is 48.5 Å². The van der Waals surface area contributed by atoms with Crippen molar-refractivity contribution in [3.8, 4) is 0 Å². The van der Waals surface area contributed by atoms with Crippen molar-refractivity contribution >= 4 is 23.0 Å². The molecule has 0 aliphatic rings. The lowest BCUT2D eigenvalue weighted by atomic mass is 10.1. The number of nitrogens with one attached hydrogen (secondary N) is 1. The lowest BCUT2D eigenvalue weighted by Crippen LogP contribution is -2.19. The van der Waals surface area contributed by atoms with Crippen LogP contribution in [0.2, 0.25) is 0 Å². The molecule has 0 radical (unpaired) electrons. The van der Waals surface area contributed by atoms with Crippen molar-refractivity contribution in [1.82, 2.24) is 0 Å². The van der Waals surface area contributed by atoms with E-state index in [9.17, 15) is 4.79 Å². The van der Waals surface area contributed by atoms with Crippen LogP contribution >= 0.6 is 0 Å². The van der Waals surface area contributed by atoms with Crippen molar-refractivity contribution in [3.63, 3.8) is 0 Å². The van der Waals surface area contributed by atoms with Gasteiger partial charge in [0.25, 0.3) is 5.91 Å². The Bertz CT molecular complexity index is 665. The molecule has 128 valence electrons. The summed E-state index contributed by atoms with van der Waals surface area (Å²) >= 11 is 0. The highest BCUT2D eigenvalue weighted by Crippen LogP contribution is 2.24. The minimum Gasteiger partial charge on any atom is -0.376 e. The van der Waals surface area contributed by atoms with Crippen molar-refractivity contribution in [3.05, 3.63) is 54.1 Å². The van der Waals surface area contributed by atoms with E-state index in [0.717, 1.165) is 23.6 Å². The third-order valence-corrected chi connectivity index (χ3v) is 4.05. The molecule has 0 fully saturated rings. The first-order chi connectivity index (χ1) is 11.5. The summed E-state index contributed by atoms with van der Waals surface area (Å²) in [6.07, 6.45) is 2.34. The second kappa shape index (κ2) is 8.39. The zero-order valence-corrected chi connectivity index (χ0v) is 15.0. The number of benzene rings is 2. The summed E-state index contributed by atoms with van der Waals surface area (Å²) < 4.78 is 0. The van der Waals surface area contributed by atoms with E-state index < -0.39 is 0 Å². The number of hydrogen-bond acceptors (Lipinski definition) is 3. The molecule has 0 saturated carbocycles. The van der Waals surface area contributed by atoms with Crippen molar-refractivity contribution in [2.45, 2.75) is 19.8 Å². The Balaban J connectivity index is 2.08. The molecule has 0 aromatic heterocycles. The number of carbonyl (C=O) groups excluding carboxylic acids is 1. The molecular formula is C20H27N3O. The van der Waals surface area contributed by atoms with Crippen molar-refractivity contribution < 1.29 is 4.79 Å². The molecule has 24 heavy (non-hydrogen) atoms. The van der Waals surface area contributed by atoms with Gasteiger partial charge in [-0.25, -0.2) is 0 Å². The topological polar surface area (TPSA) is 35.6 Å². The Labute approximate surface area is 145 Å². The quantitative estimate of drug-likeness (QED) is 0.827. The molecule has 1 N–H and O–H groups in total. The third-order valence-electron chi connectivity index (χ3n) is 4.05. The van der Waals surface area contributed by atoms with Crippen LogP contribution in [0.5, 0.6) is 0 Å². The first kappa shape index (κ1) is 17.9. The van der Waals surface area contributed by atoms with Crippen LogP contribution in [0, 0.1) is 0 Å². The van der Waals surface area contributed by atoms with Gasteiger partial charge in [0.15, 0.2) is 0 Å². The van der Waals surface area contributed by atoms with Gasteiger partial charge in [0, 0.05) is 38.9 Å². The summed E-state index contributed by atoms with van der Waals surface area (Å²) in [6.45, 7) is 3.21. The Kier molecular flexibility index (Phi) is 6.24. The molecule has 0 aliphatic heterocycles. The first-order valence-corrected chi connectivity index (χ1v) is 8.42. The lowest BCUT2D eigenvalue weighted by molar-refractivity contribution is 0.102. The van der Waals surface area contributed by atoms with Crippen LogP contribution in [0.1, 0.15) is 30.1 Å². The van der Waals surface area contributed by atoms with E-state index in [4.69, 9.17) is 0 Å². The minimum atomic E-state index is -0.0907. The first-order valence-electron chi connectivity index (χ1n) is 8.42. The van der Waals surface area contributed by atoms with Gasteiger partial charge in [-0.05, 0) is 42.8 Å². The maximum atomic E-state index is 12.5. The number of amides is 1. The van der Waals surface area contributed by atoms with Gasteiger partial charge in [0.1, 0.15) is 0 Å². The highest BCUT2D eigenvalue weighted by molar-refractivity contribution is 6.06. The van der Waals surface area contributed by atoms with E-state index >= 15 is 0 Å². The Morgan fingerprint density at radius 3 is 2.29 bits per heavy atom. The molecule has 0 atom stereocenters. The fourth-order valence-corrected chi connectivity index (χ4v) is 2.56. The van der Waals surface area contributed by atoms with Crippen LogP contribution in [0.3, 0.4) is 0 Å². The van der Waals surface area contributed by atoms with Gasteiger partial charge in [-0.15, -0.1) is 0 Å². The highest BCUT2D eigenvalue weighted by atomic mass is 16.1. The van der Waals surface area contributed by atoms with Gasteiger partial charge >= 0.3 is 0 Å². The fourth-order valence-electron chi connectivity index (χ4n) is 2.56. The molecule has 4 nitrogen and oxygen atoms in total. The molecule has 0 unspecified atom stereocenters. The summed E-state index contributed by atoms with van der Waals surface area (Å²) in [6, 6.07) is 15.6. The Morgan fingerprint density at radius 1 is 1.00 bits per heavy atom. The normalized spacial score (nSPS) is 10.3. The average Bonchev–Trinajstić information content (AvgIpc) is 2.60. The number of nitrogens with zero attached hydrogens (tertiary/aromatic N) is 2. The van der Waals surface area contributed by atoms with Gasteiger partial charge in [-0.2, -0.15) is 0 Å². The molecular weight excluding hydrogens is 298 g/mol. The number of unbranched alkanes of at least 4 members (excludes halogenated alkanes) is 1. The summed E-state index contributed by atoms with van der Waals surface area (Å²) in [7, 11) is 6.01. The van der Waals surface area contributed by atoms with E-state index in [-0.39, 0.29) is 5.91 Å². The molecule has 1 amide bonds. The molecule has 2 rings (SSSR count). The van der Waals surface area contributed by atoms with Crippen molar-refractivity contribution in [2.75, 3.05) is 42.8 Å². The maximum Gasteiger partial charge on any atom is 0.255 e. The van der Waals surface area contributed by atoms with Crippen LogP contribution in [0.25, 0.3) is 0 Å². The number of rotatable bonds is 7. The summed E-state index contributed by atoms with van der Waals surface area (Å²) in [5.74, 6) is -0.0907. The summed E-state index contributed by atoms with van der Waals surface area (Å²) in [4.78, 5) is 16.7. The monoisotopic (exact) mass is 325 g/mol. The second-order valence-electron chi connectivity index (χ2n) is 6.19. The molecule has 0 heterocycles. The Hall–Kier alpha value is -2.49. The average molecular weight is 325 g/mol. The van der Waals surface area contributed by atoms with Gasteiger partial charge in [-0.1, -0.05) is 25.5 Å². The minimum absolute atomic E-state index is 0.0907. The van der Waals surface area contributed by atoms with E-state index in [1.807, 2.05) is 67.5 Å². The van der Waals surface area contributed by atoms with Crippen molar-refractivity contribution in [1.29, 1.82) is 0 Å². The van der Waals surface area contributed by atoms with Gasteiger partial charge in [-0.3, -0.25) is 4.79 Å². The predicted molar refractivity (Wildman–Crippen MR) is 103 cm³/mol. The lowest BCUT2D eigenvalue weighted by Gasteiger charge is -2.19. The van der Waals surface area contributed by atoms with Crippen LogP contribution in [0.4, 0.5) is 17.1 Å². The van der Waals surface area contributed by atoms with E-state index in [1.165, 1.54) is 12.8 Å². The molecule has 0 saturated heterocycles. The van der Waals surface area contributed by atoms with Crippen LogP contribution < -0.4 is 15.1 Å².